The minimum atomic E-state index is -0.364. The molecular formula is C20H26N2O2. The molecule has 0 bridgehead atoms. The first-order chi connectivity index (χ1) is 11.5. The van der Waals surface area contributed by atoms with Gasteiger partial charge in [0.05, 0.1) is 11.7 Å². The van der Waals surface area contributed by atoms with Crippen molar-refractivity contribution in [2.75, 3.05) is 13.1 Å². The number of nitrogens with zero attached hydrogens (tertiary/aromatic N) is 2. The van der Waals surface area contributed by atoms with Crippen molar-refractivity contribution >= 4 is 5.91 Å². The van der Waals surface area contributed by atoms with Crippen LogP contribution in [-0.4, -0.2) is 39.7 Å². The number of aliphatic hydroxyl groups is 1. The number of carbonyl (C=O) groups is 1. The number of piperidine rings is 1. The van der Waals surface area contributed by atoms with Crippen LogP contribution in [-0.2, 0) is 0 Å². The number of amides is 1. The van der Waals surface area contributed by atoms with Crippen molar-refractivity contribution in [3.8, 4) is 5.69 Å². The Morgan fingerprint density at radius 1 is 1.25 bits per heavy atom. The van der Waals surface area contributed by atoms with Gasteiger partial charge in [-0.2, -0.15) is 0 Å². The number of likely N-dealkylation sites (tertiary alicyclic amines) is 1. The lowest BCUT2D eigenvalue weighted by Crippen LogP contribution is -2.43. The van der Waals surface area contributed by atoms with E-state index < -0.39 is 0 Å². The fourth-order valence-corrected chi connectivity index (χ4v) is 3.71. The molecule has 1 aliphatic heterocycles. The summed E-state index contributed by atoms with van der Waals surface area (Å²) in [5.41, 5.74) is 3.88. The van der Waals surface area contributed by atoms with Crippen LogP contribution in [0.1, 0.15) is 41.5 Å². The number of hydrogen-bond donors (Lipinski definition) is 1. The van der Waals surface area contributed by atoms with Gasteiger partial charge in [-0.1, -0.05) is 18.2 Å². The molecule has 0 saturated carbocycles. The summed E-state index contributed by atoms with van der Waals surface area (Å²) < 4.78 is 2.13. The third kappa shape index (κ3) is 3.11. The SMILES string of the molecule is Cc1cc(C(=O)N2CCCC(C(C)O)C2)c(C)n1-c1ccccc1. The number of aryl methyl sites for hydroxylation is 1. The van der Waals surface area contributed by atoms with Crippen LogP contribution < -0.4 is 0 Å². The molecule has 0 radical (unpaired) electrons. The van der Waals surface area contributed by atoms with Gasteiger partial charge in [0.15, 0.2) is 0 Å². The molecule has 24 heavy (non-hydrogen) atoms. The maximum Gasteiger partial charge on any atom is 0.255 e. The molecule has 1 N–H and O–H groups in total. The Morgan fingerprint density at radius 3 is 2.62 bits per heavy atom. The lowest BCUT2D eigenvalue weighted by Gasteiger charge is -2.34. The normalized spacial score (nSPS) is 19.3. The third-order valence-corrected chi connectivity index (χ3v) is 5.10. The number of hydrogen-bond acceptors (Lipinski definition) is 2. The number of rotatable bonds is 3. The molecule has 128 valence electrons. The summed E-state index contributed by atoms with van der Waals surface area (Å²) in [5.74, 6) is 0.260. The molecule has 1 aliphatic rings. The number of aliphatic hydroxyl groups excluding tert-OH is 1. The second kappa shape index (κ2) is 6.81. The van der Waals surface area contributed by atoms with Gasteiger partial charge in [-0.25, -0.2) is 0 Å². The number of carbonyl (C=O) groups excluding carboxylic acids is 1. The Balaban J connectivity index is 1.89. The summed E-state index contributed by atoms with van der Waals surface area (Å²) in [4.78, 5) is 14.9. The highest BCUT2D eigenvalue weighted by atomic mass is 16.3. The summed E-state index contributed by atoms with van der Waals surface area (Å²) in [6.45, 7) is 7.28. The highest BCUT2D eigenvalue weighted by Gasteiger charge is 2.29. The average molecular weight is 326 g/mol. The van der Waals surface area contributed by atoms with Gasteiger partial charge in [0, 0.05) is 36.1 Å². The highest BCUT2D eigenvalue weighted by molar-refractivity contribution is 5.96. The van der Waals surface area contributed by atoms with Gasteiger partial charge >= 0.3 is 0 Å². The fourth-order valence-electron chi connectivity index (χ4n) is 3.71. The highest BCUT2D eigenvalue weighted by Crippen LogP contribution is 2.25. The molecule has 2 atom stereocenters. The number of aromatic nitrogens is 1. The van der Waals surface area contributed by atoms with Crippen LogP contribution in [0.2, 0.25) is 0 Å². The van der Waals surface area contributed by atoms with Gasteiger partial charge in [-0.05, 0) is 51.8 Å². The molecule has 2 unspecified atom stereocenters. The molecule has 0 spiro atoms. The zero-order valence-corrected chi connectivity index (χ0v) is 14.7. The topological polar surface area (TPSA) is 45.5 Å². The Hall–Kier alpha value is -2.07. The Bertz CT molecular complexity index is 719. The fraction of sp³-hybridized carbons (Fsp3) is 0.450. The third-order valence-electron chi connectivity index (χ3n) is 5.10. The minimum absolute atomic E-state index is 0.0793. The van der Waals surface area contributed by atoms with Crippen molar-refractivity contribution in [3.63, 3.8) is 0 Å². The van der Waals surface area contributed by atoms with Crippen molar-refractivity contribution in [3.05, 3.63) is 53.3 Å². The second-order valence-corrected chi connectivity index (χ2v) is 6.85. The smallest absolute Gasteiger partial charge is 0.255 e. The van der Waals surface area contributed by atoms with Crippen LogP contribution in [0.25, 0.3) is 5.69 Å². The first-order valence-corrected chi connectivity index (χ1v) is 8.70. The minimum Gasteiger partial charge on any atom is -0.393 e. The van der Waals surface area contributed by atoms with Crippen molar-refractivity contribution in [1.82, 2.24) is 9.47 Å². The van der Waals surface area contributed by atoms with Crippen molar-refractivity contribution in [2.24, 2.45) is 5.92 Å². The quantitative estimate of drug-likeness (QED) is 0.940. The standard InChI is InChI=1S/C20H26N2O2/c1-14-12-19(15(2)22(14)18-9-5-4-6-10-18)20(24)21-11-7-8-17(13-21)16(3)23/h4-6,9-10,12,16-17,23H,7-8,11,13H2,1-3H3. The van der Waals surface area contributed by atoms with E-state index in [1.165, 1.54) is 0 Å². The van der Waals surface area contributed by atoms with E-state index in [0.717, 1.165) is 42.0 Å². The summed E-state index contributed by atoms with van der Waals surface area (Å²) >= 11 is 0. The number of para-hydroxylation sites is 1. The number of benzene rings is 1. The molecule has 1 amide bonds. The average Bonchev–Trinajstić information content (AvgIpc) is 2.89. The molecule has 3 rings (SSSR count). The molecule has 2 heterocycles. The van der Waals surface area contributed by atoms with E-state index in [4.69, 9.17) is 0 Å². The van der Waals surface area contributed by atoms with E-state index in [9.17, 15) is 9.90 Å². The molecule has 0 aliphatic carbocycles. The van der Waals surface area contributed by atoms with Gasteiger partial charge < -0.3 is 14.6 Å². The van der Waals surface area contributed by atoms with Crippen molar-refractivity contribution < 1.29 is 9.90 Å². The molecule has 4 nitrogen and oxygen atoms in total. The zero-order chi connectivity index (χ0) is 17.3. The summed E-state index contributed by atoms with van der Waals surface area (Å²) in [7, 11) is 0. The van der Waals surface area contributed by atoms with E-state index in [1.54, 1.807) is 0 Å². The van der Waals surface area contributed by atoms with Gasteiger partial charge in [0.2, 0.25) is 0 Å². The summed E-state index contributed by atoms with van der Waals surface area (Å²) in [6, 6.07) is 12.1. The van der Waals surface area contributed by atoms with Crippen LogP contribution in [0.4, 0.5) is 0 Å². The maximum absolute atomic E-state index is 13.0. The predicted octanol–water partition coefficient (Wildman–Crippen LogP) is 3.33. The van der Waals surface area contributed by atoms with E-state index >= 15 is 0 Å². The van der Waals surface area contributed by atoms with Crippen molar-refractivity contribution in [2.45, 2.75) is 39.7 Å². The summed E-state index contributed by atoms with van der Waals surface area (Å²) in [6.07, 6.45) is 1.58. The van der Waals surface area contributed by atoms with Gasteiger partial charge in [0.1, 0.15) is 0 Å². The lowest BCUT2D eigenvalue weighted by molar-refractivity contribution is 0.0465. The monoisotopic (exact) mass is 326 g/mol. The molecule has 1 saturated heterocycles. The Morgan fingerprint density at radius 2 is 1.96 bits per heavy atom. The van der Waals surface area contributed by atoms with Gasteiger partial charge in [0.25, 0.3) is 5.91 Å². The van der Waals surface area contributed by atoms with Crippen LogP contribution >= 0.6 is 0 Å². The van der Waals surface area contributed by atoms with E-state index in [-0.39, 0.29) is 17.9 Å². The van der Waals surface area contributed by atoms with E-state index in [0.29, 0.717) is 6.54 Å². The van der Waals surface area contributed by atoms with Crippen LogP contribution in [0.3, 0.4) is 0 Å². The molecule has 1 aromatic carbocycles. The molecule has 4 heteroatoms. The first kappa shape index (κ1) is 16.8. The Kier molecular flexibility index (Phi) is 4.76. The van der Waals surface area contributed by atoms with Gasteiger partial charge in [-0.15, -0.1) is 0 Å². The van der Waals surface area contributed by atoms with E-state index in [2.05, 4.69) is 16.7 Å². The van der Waals surface area contributed by atoms with Gasteiger partial charge in [-0.3, -0.25) is 4.79 Å². The first-order valence-electron chi connectivity index (χ1n) is 8.70. The van der Waals surface area contributed by atoms with Crippen molar-refractivity contribution in [1.29, 1.82) is 0 Å². The lowest BCUT2D eigenvalue weighted by atomic mass is 9.93. The van der Waals surface area contributed by atoms with Crippen LogP contribution in [0, 0.1) is 19.8 Å². The molecule has 1 fully saturated rings. The van der Waals surface area contributed by atoms with E-state index in [1.807, 2.05) is 49.9 Å². The molecular weight excluding hydrogens is 300 g/mol. The second-order valence-electron chi connectivity index (χ2n) is 6.85. The summed E-state index contributed by atoms with van der Waals surface area (Å²) in [5, 5.41) is 9.86. The largest absolute Gasteiger partial charge is 0.393 e. The van der Waals surface area contributed by atoms with Crippen LogP contribution in [0.5, 0.6) is 0 Å². The molecule has 1 aromatic heterocycles. The maximum atomic E-state index is 13.0. The predicted molar refractivity (Wildman–Crippen MR) is 95.6 cm³/mol. The Labute approximate surface area is 143 Å². The zero-order valence-electron chi connectivity index (χ0n) is 14.7. The van der Waals surface area contributed by atoms with Crippen LogP contribution in [0.15, 0.2) is 36.4 Å². The molecule has 2 aromatic rings.